The summed E-state index contributed by atoms with van der Waals surface area (Å²) in [4.78, 5) is 0. The van der Waals surface area contributed by atoms with Gasteiger partial charge in [0.15, 0.2) is 0 Å². The Balaban J connectivity index is 2.55. The van der Waals surface area contributed by atoms with Crippen LogP contribution in [0.3, 0.4) is 0 Å². The molecule has 84 valence electrons. The number of hydrogen-bond acceptors (Lipinski definition) is 1. The number of aliphatic hydroxyl groups is 1. The lowest BCUT2D eigenvalue weighted by Crippen LogP contribution is -1.87. The van der Waals surface area contributed by atoms with Gasteiger partial charge in [-0.25, -0.2) is 0 Å². The largest absolute Gasteiger partial charge is 0.392 e. The summed E-state index contributed by atoms with van der Waals surface area (Å²) in [6, 6.07) is 16.5. The second-order valence-electron chi connectivity index (χ2n) is 4.10. The molecular formula is C15H11BrO. The molecule has 0 saturated carbocycles. The molecule has 0 spiro atoms. The number of rotatable bonds is 1. The molecule has 0 aliphatic rings. The predicted molar refractivity (Wildman–Crippen MR) is 75.1 cm³/mol. The average molecular weight is 287 g/mol. The Morgan fingerprint density at radius 3 is 2.41 bits per heavy atom. The van der Waals surface area contributed by atoms with Gasteiger partial charge in [0.2, 0.25) is 0 Å². The number of halogens is 1. The van der Waals surface area contributed by atoms with E-state index in [9.17, 15) is 5.11 Å². The van der Waals surface area contributed by atoms with Crippen molar-refractivity contribution in [3.05, 3.63) is 58.6 Å². The van der Waals surface area contributed by atoms with E-state index in [4.69, 9.17) is 0 Å². The SMILES string of the molecule is OCc1cc2ccc(Br)cc2c2ccccc12. The summed E-state index contributed by atoms with van der Waals surface area (Å²) >= 11 is 3.50. The van der Waals surface area contributed by atoms with Crippen molar-refractivity contribution in [2.24, 2.45) is 0 Å². The quantitative estimate of drug-likeness (QED) is 0.663. The second-order valence-corrected chi connectivity index (χ2v) is 5.02. The minimum atomic E-state index is 0.0759. The third kappa shape index (κ3) is 1.74. The van der Waals surface area contributed by atoms with Crippen LogP contribution in [0.4, 0.5) is 0 Å². The van der Waals surface area contributed by atoms with Crippen LogP contribution in [0.5, 0.6) is 0 Å². The van der Waals surface area contributed by atoms with E-state index < -0.39 is 0 Å². The summed E-state index contributed by atoms with van der Waals surface area (Å²) in [5.74, 6) is 0. The number of fused-ring (bicyclic) bond motifs is 3. The summed E-state index contributed by atoms with van der Waals surface area (Å²) in [5.41, 5.74) is 0.982. The number of aliphatic hydroxyl groups excluding tert-OH is 1. The van der Waals surface area contributed by atoms with Gasteiger partial charge in [0.1, 0.15) is 0 Å². The fraction of sp³-hybridized carbons (Fsp3) is 0.0667. The summed E-state index contributed by atoms with van der Waals surface area (Å²) < 4.78 is 1.08. The average Bonchev–Trinajstić information content (AvgIpc) is 2.38. The van der Waals surface area contributed by atoms with Gasteiger partial charge in [0, 0.05) is 4.47 Å². The van der Waals surface area contributed by atoms with Crippen LogP contribution in [0, 0.1) is 0 Å². The first-order valence-electron chi connectivity index (χ1n) is 5.50. The Bertz CT molecular complexity index is 704. The number of benzene rings is 3. The molecule has 3 rings (SSSR count). The van der Waals surface area contributed by atoms with E-state index in [2.05, 4.69) is 46.3 Å². The van der Waals surface area contributed by atoms with Gasteiger partial charge in [0.25, 0.3) is 0 Å². The molecule has 0 aliphatic carbocycles. The molecular weight excluding hydrogens is 276 g/mol. The van der Waals surface area contributed by atoms with Crippen LogP contribution in [-0.4, -0.2) is 5.11 Å². The Morgan fingerprint density at radius 2 is 1.65 bits per heavy atom. The molecule has 17 heavy (non-hydrogen) atoms. The van der Waals surface area contributed by atoms with Gasteiger partial charge in [-0.05, 0) is 45.3 Å². The standard InChI is InChI=1S/C15H11BrO/c16-12-6-5-10-7-11(9-17)13-3-1-2-4-14(13)15(10)8-12/h1-8,17H,9H2. The zero-order valence-corrected chi connectivity index (χ0v) is 10.7. The second kappa shape index (κ2) is 4.13. The first-order chi connectivity index (χ1) is 8.29. The number of hydrogen-bond donors (Lipinski definition) is 1. The minimum Gasteiger partial charge on any atom is -0.392 e. The van der Waals surface area contributed by atoms with Gasteiger partial charge in [-0.3, -0.25) is 0 Å². The van der Waals surface area contributed by atoms with Crippen LogP contribution in [0.25, 0.3) is 21.5 Å². The van der Waals surface area contributed by atoms with Crippen molar-refractivity contribution >= 4 is 37.5 Å². The van der Waals surface area contributed by atoms with Crippen LogP contribution < -0.4 is 0 Å². The maximum atomic E-state index is 9.44. The maximum absolute atomic E-state index is 9.44. The van der Waals surface area contributed by atoms with Crippen molar-refractivity contribution in [3.63, 3.8) is 0 Å². The van der Waals surface area contributed by atoms with E-state index in [0.29, 0.717) is 0 Å². The Hall–Kier alpha value is -1.38. The highest BCUT2D eigenvalue weighted by Crippen LogP contribution is 2.30. The van der Waals surface area contributed by atoms with Crippen molar-refractivity contribution in [3.8, 4) is 0 Å². The lowest BCUT2D eigenvalue weighted by Gasteiger charge is -2.08. The molecule has 3 aromatic carbocycles. The third-order valence-corrected chi connectivity index (χ3v) is 3.57. The van der Waals surface area contributed by atoms with Crippen LogP contribution in [0.15, 0.2) is 53.0 Å². The normalized spacial score (nSPS) is 11.2. The van der Waals surface area contributed by atoms with Crippen molar-refractivity contribution < 1.29 is 5.11 Å². The molecule has 0 fully saturated rings. The molecule has 1 N–H and O–H groups in total. The monoisotopic (exact) mass is 286 g/mol. The molecule has 0 saturated heterocycles. The van der Waals surface area contributed by atoms with Gasteiger partial charge >= 0.3 is 0 Å². The molecule has 0 bridgehead atoms. The zero-order chi connectivity index (χ0) is 11.8. The first kappa shape index (κ1) is 10.8. The third-order valence-electron chi connectivity index (χ3n) is 3.08. The van der Waals surface area contributed by atoms with E-state index in [1.54, 1.807) is 0 Å². The Morgan fingerprint density at radius 1 is 0.882 bits per heavy atom. The van der Waals surface area contributed by atoms with Gasteiger partial charge in [-0.2, -0.15) is 0 Å². The summed E-state index contributed by atoms with van der Waals surface area (Å²) in [6.07, 6.45) is 0. The van der Waals surface area contributed by atoms with Crippen LogP contribution in [0.2, 0.25) is 0 Å². The zero-order valence-electron chi connectivity index (χ0n) is 9.15. The highest BCUT2D eigenvalue weighted by molar-refractivity contribution is 9.10. The van der Waals surface area contributed by atoms with Crippen molar-refractivity contribution in [1.82, 2.24) is 0 Å². The lowest BCUT2D eigenvalue weighted by molar-refractivity contribution is 0.283. The van der Waals surface area contributed by atoms with E-state index in [1.807, 2.05) is 18.2 Å². The van der Waals surface area contributed by atoms with Crippen molar-refractivity contribution in [1.29, 1.82) is 0 Å². The summed E-state index contributed by atoms with van der Waals surface area (Å²) in [5, 5.41) is 14.1. The van der Waals surface area contributed by atoms with Crippen molar-refractivity contribution in [2.45, 2.75) is 6.61 Å². The molecule has 0 aromatic heterocycles. The molecule has 3 aromatic rings. The van der Waals surface area contributed by atoms with Gasteiger partial charge in [-0.15, -0.1) is 0 Å². The van der Waals surface area contributed by atoms with E-state index >= 15 is 0 Å². The van der Waals surface area contributed by atoms with Crippen LogP contribution in [-0.2, 0) is 6.61 Å². The smallest absolute Gasteiger partial charge is 0.0688 e. The molecule has 0 atom stereocenters. The molecule has 2 heteroatoms. The van der Waals surface area contributed by atoms with Crippen LogP contribution >= 0.6 is 15.9 Å². The lowest BCUT2D eigenvalue weighted by atomic mass is 9.98. The maximum Gasteiger partial charge on any atom is 0.0688 e. The highest BCUT2D eigenvalue weighted by atomic mass is 79.9. The molecule has 0 heterocycles. The summed E-state index contributed by atoms with van der Waals surface area (Å²) in [6.45, 7) is 0.0759. The molecule has 0 amide bonds. The Kier molecular flexibility index (Phi) is 2.61. The van der Waals surface area contributed by atoms with Crippen LogP contribution in [0.1, 0.15) is 5.56 Å². The molecule has 0 aliphatic heterocycles. The van der Waals surface area contributed by atoms with Gasteiger partial charge in [-0.1, -0.05) is 46.3 Å². The van der Waals surface area contributed by atoms with Gasteiger partial charge < -0.3 is 5.11 Å². The van der Waals surface area contributed by atoms with E-state index in [1.165, 1.54) is 10.8 Å². The molecule has 0 radical (unpaired) electrons. The molecule has 0 unspecified atom stereocenters. The summed E-state index contributed by atoms with van der Waals surface area (Å²) in [7, 11) is 0. The Labute approximate surface area is 108 Å². The van der Waals surface area contributed by atoms with E-state index in [0.717, 1.165) is 20.8 Å². The molecule has 1 nitrogen and oxygen atoms in total. The minimum absolute atomic E-state index is 0.0759. The topological polar surface area (TPSA) is 20.2 Å². The van der Waals surface area contributed by atoms with E-state index in [-0.39, 0.29) is 6.61 Å². The fourth-order valence-electron chi connectivity index (χ4n) is 2.28. The fourth-order valence-corrected chi connectivity index (χ4v) is 2.64. The first-order valence-corrected chi connectivity index (χ1v) is 6.29. The predicted octanol–water partition coefficient (Wildman–Crippen LogP) is 4.25. The van der Waals surface area contributed by atoms with Crippen molar-refractivity contribution in [2.75, 3.05) is 0 Å². The van der Waals surface area contributed by atoms with Gasteiger partial charge in [0.05, 0.1) is 6.61 Å². The highest BCUT2D eigenvalue weighted by Gasteiger charge is 2.05.